The van der Waals surface area contributed by atoms with Gasteiger partial charge in [-0.3, -0.25) is 4.79 Å². The smallest absolute Gasteiger partial charge is 0.349 e. The third kappa shape index (κ3) is 5.26. The van der Waals surface area contributed by atoms with E-state index in [1.165, 1.54) is 0 Å². The quantitative estimate of drug-likeness (QED) is 0.435. The van der Waals surface area contributed by atoms with Crippen LogP contribution >= 0.6 is 0 Å². The van der Waals surface area contributed by atoms with Gasteiger partial charge < -0.3 is 14.4 Å². The van der Waals surface area contributed by atoms with E-state index in [0.717, 1.165) is 16.7 Å². The van der Waals surface area contributed by atoms with Gasteiger partial charge in [0.25, 0.3) is 5.91 Å². The molecule has 3 aromatic carbocycles. The van der Waals surface area contributed by atoms with Gasteiger partial charge in [0.15, 0.2) is 6.61 Å². The van der Waals surface area contributed by atoms with Crippen LogP contribution in [0.1, 0.15) is 27.0 Å². The predicted molar refractivity (Wildman–Crippen MR) is 117 cm³/mol. The topological polar surface area (TPSA) is 55.8 Å². The van der Waals surface area contributed by atoms with Crippen molar-refractivity contribution in [2.24, 2.45) is 0 Å². The lowest BCUT2D eigenvalue weighted by atomic mass is 10.1. The second kappa shape index (κ2) is 9.27. The second-order valence-corrected chi connectivity index (χ2v) is 7.23. The summed E-state index contributed by atoms with van der Waals surface area (Å²) in [5.74, 6) is 0.414. The normalized spacial score (nSPS) is 10.4. The van der Waals surface area contributed by atoms with Crippen molar-refractivity contribution in [2.75, 3.05) is 18.6 Å². The molecule has 3 aromatic rings. The largest absolute Gasteiger partial charge is 0.482 e. The van der Waals surface area contributed by atoms with Crippen LogP contribution in [0.15, 0.2) is 66.7 Å². The number of hydrogen-bond acceptors (Lipinski definition) is 4. The minimum absolute atomic E-state index is 0.110. The Labute approximate surface area is 176 Å². The molecule has 3 rings (SSSR count). The standard InChI is InChI=1S/C25H25NO4/c1-17-5-8-20(9-6-17)25(28)26(4)21-10-13-22(14-11-21)30-24(27)16-29-23-12-7-18(2)19(3)15-23/h5-15H,16H2,1-4H3. The van der Waals surface area contributed by atoms with Crippen molar-refractivity contribution in [1.29, 1.82) is 0 Å². The SMILES string of the molecule is Cc1ccc(C(=O)N(C)c2ccc(OC(=O)COc3ccc(C)c(C)c3)cc2)cc1. The van der Waals surface area contributed by atoms with Gasteiger partial charge in [-0.05, 0) is 80.4 Å². The number of anilines is 1. The first kappa shape index (κ1) is 21.1. The van der Waals surface area contributed by atoms with Gasteiger partial charge in [-0.2, -0.15) is 0 Å². The van der Waals surface area contributed by atoms with E-state index in [1.54, 1.807) is 48.3 Å². The van der Waals surface area contributed by atoms with E-state index < -0.39 is 5.97 Å². The van der Waals surface area contributed by atoms with Crippen LogP contribution < -0.4 is 14.4 Å². The van der Waals surface area contributed by atoms with Crippen molar-refractivity contribution in [3.05, 3.63) is 89.0 Å². The van der Waals surface area contributed by atoms with Crippen molar-refractivity contribution in [1.82, 2.24) is 0 Å². The molecule has 0 aliphatic heterocycles. The van der Waals surface area contributed by atoms with Crippen LogP contribution in [0.3, 0.4) is 0 Å². The molecule has 0 saturated carbocycles. The highest BCUT2D eigenvalue weighted by Gasteiger charge is 2.14. The van der Waals surface area contributed by atoms with Crippen molar-refractivity contribution < 1.29 is 19.1 Å². The maximum Gasteiger partial charge on any atom is 0.349 e. The predicted octanol–water partition coefficient (Wildman–Crippen LogP) is 4.87. The number of rotatable bonds is 6. The number of amides is 1. The molecule has 0 aliphatic rings. The molecule has 5 heteroatoms. The first-order valence-electron chi connectivity index (χ1n) is 9.69. The molecule has 0 fully saturated rings. The summed E-state index contributed by atoms with van der Waals surface area (Å²) in [7, 11) is 1.71. The van der Waals surface area contributed by atoms with Crippen LogP contribution in [-0.4, -0.2) is 25.5 Å². The zero-order valence-corrected chi connectivity index (χ0v) is 17.6. The summed E-state index contributed by atoms with van der Waals surface area (Å²) in [5.41, 5.74) is 4.67. The number of carbonyl (C=O) groups excluding carboxylic acids is 2. The Morgan fingerprint density at radius 2 is 1.43 bits per heavy atom. The third-order valence-electron chi connectivity index (χ3n) is 4.89. The molecular formula is C25H25NO4. The number of nitrogens with zero attached hydrogens (tertiary/aromatic N) is 1. The third-order valence-corrected chi connectivity index (χ3v) is 4.89. The van der Waals surface area contributed by atoms with E-state index in [-0.39, 0.29) is 12.5 Å². The first-order chi connectivity index (χ1) is 14.3. The molecule has 0 aliphatic carbocycles. The monoisotopic (exact) mass is 403 g/mol. The van der Waals surface area contributed by atoms with Gasteiger partial charge in [0, 0.05) is 18.3 Å². The average Bonchev–Trinajstić information content (AvgIpc) is 2.74. The number of esters is 1. The van der Waals surface area contributed by atoms with E-state index in [1.807, 2.05) is 51.1 Å². The number of hydrogen-bond donors (Lipinski definition) is 0. The highest BCUT2D eigenvalue weighted by atomic mass is 16.6. The molecular weight excluding hydrogens is 378 g/mol. The van der Waals surface area contributed by atoms with Crippen molar-refractivity contribution in [3.63, 3.8) is 0 Å². The van der Waals surface area contributed by atoms with Crippen LogP contribution in [-0.2, 0) is 4.79 Å². The lowest BCUT2D eigenvalue weighted by molar-refractivity contribution is -0.136. The van der Waals surface area contributed by atoms with Crippen LogP contribution in [0.5, 0.6) is 11.5 Å². The Balaban J connectivity index is 1.56. The lowest BCUT2D eigenvalue weighted by Crippen LogP contribution is -2.26. The van der Waals surface area contributed by atoms with Crippen LogP contribution in [0, 0.1) is 20.8 Å². The molecule has 154 valence electrons. The number of carbonyl (C=O) groups is 2. The molecule has 1 amide bonds. The maximum atomic E-state index is 12.6. The zero-order chi connectivity index (χ0) is 21.7. The van der Waals surface area contributed by atoms with Gasteiger partial charge in [0.1, 0.15) is 11.5 Å². The average molecular weight is 403 g/mol. The highest BCUT2D eigenvalue weighted by molar-refractivity contribution is 6.05. The van der Waals surface area contributed by atoms with E-state index in [4.69, 9.17) is 9.47 Å². The molecule has 0 unspecified atom stereocenters. The molecule has 0 heterocycles. The van der Waals surface area contributed by atoms with Crippen LogP contribution in [0.4, 0.5) is 5.69 Å². The summed E-state index contributed by atoms with van der Waals surface area (Å²) in [6.45, 7) is 5.80. The van der Waals surface area contributed by atoms with Crippen molar-refractivity contribution in [2.45, 2.75) is 20.8 Å². The minimum Gasteiger partial charge on any atom is -0.482 e. The van der Waals surface area contributed by atoms with E-state index in [9.17, 15) is 9.59 Å². The Kier molecular flexibility index (Phi) is 6.52. The number of benzene rings is 3. The molecule has 0 atom stereocenters. The summed E-state index contributed by atoms with van der Waals surface area (Å²) in [6.07, 6.45) is 0. The van der Waals surface area contributed by atoms with Gasteiger partial charge in [-0.15, -0.1) is 0 Å². The summed E-state index contributed by atoms with van der Waals surface area (Å²) >= 11 is 0. The highest BCUT2D eigenvalue weighted by Crippen LogP contribution is 2.21. The second-order valence-electron chi connectivity index (χ2n) is 7.23. The van der Waals surface area contributed by atoms with E-state index in [2.05, 4.69) is 0 Å². The summed E-state index contributed by atoms with van der Waals surface area (Å²) < 4.78 is 10.8. The van der Waals surface area contributed by atoms with Gasteiger partial charge in [-0.25, -0.2) is 4.79 Å². The Morgan fingerprint density at radius 3 is 2.07 bits per heavy atom. The fourth-order valence-corrected chi connectivity index (χ4v) is 2.85. The first-order valence-corrected chi connectivity index (χ1v) is 9.69. The fraction of sp³-hybridized carbons (Fsp3) is 0.200. The molecule has 0 saturated heterocycles. The molecule has 0 bridgehead atoms. The minimum atomic E-state index is -0.495. The van der Waals surface area contributed by atoms with Gasteiger partial charge >= 0.3 is 5.97 Å². The maximum absolute atomic E-state index is 12.6. The fourth-order valence-electron chi connectivity index (χ4n) is 2.85. The summed E-state index contributed by atoms with van der Waals surface area (Å²) in [6, 6.07) is 19.9. The van der Waals surface area contributed by atoms with Crippen LogP contribution in [0.2, 0.25) is 0 Å². The summed E-state index contributed by atoms with van der Waals surface area (Å²) in [4.78, 5) is 26.2. The van der Waals surface area contributed by atoms with Crippen LogP contribution in [0.25, 0.3) is 0 Å². The molecule has 5 nitrogen and oxygen atoms in total. The van der Waals surface area contributed by atoms with Gasteiger partial charge in [0.2, 0.25) is 0 Å². The molecule has 0 radical (unpaired) electrons. The van der Waals surface area contributed by atoms with E-state index in [0.29, 0.717) is 22.7 Å². The molecule has 0 N–H and O–H groups in total. The Hall–Kier alpha value is -3.60. The number of aryl methyl sites for hydroxylation is 3. The van der Waals surface area contributed by atoms with E-state index >= 15 is 0 Å². The van der Waals surface area contributed by atoms with Crippen molar-refractivity contribution in [3.8, 4) is 11.5 Å². The number of ether oxygens (including phenoxy) is 2. The molecule has 30 heavy (non-hydrogen) atoms. The lowest BCUT2D eigenvalue weighted by Gasteiger charge is -2.18. The molecule has 0 spiro atoms. The summed E-state index contributed by atoms with van der Waals surface area (Å²) in [5, 5.41) is 0. The van der Waals surface area contributed by atoms with Crippen molar-refractivity contribution >= 4 is 17.6 Å². The molecule has 0 aromatic heterocycles. The zero-order valence-electron chi connectivity index (χ0n) is 17.6. The Morgan fingerprint density at radius 1 is 0.800 bits per heavy atom. The van der Waals surface area contributed by atoms with Gasteiger partial charge in [-0.1, -0.05) is 23.8 Å². The van der Waals surface area contributed by atoms with Gasteiger partial charge in [0.05, 0.1) is 0 Å². The Bertz CT molecular complexity index is 1040.